The molecule has 2 nitrogen and oxygen atoms in total. The van der Waals surface area contributed by atoms with E-state index in [2.05, 4.69) is 4.79 Å². The van der Waals surface area contributed by atoms with Crippen molar-refractivity contribution < 1.29 is 4.79 Å². The van der Waals surface area contributed by atoms with Crippen LogP contribution in [0, 0.1) is 0 Å². The summed E-state index contributed by atoms with van der Waals surface area (Å²) in [4.78, 5) is 2.81. The fourth-order valence-corrected chi connectivity index (χ4v) is 0.166. The number of nitrogens with zero attached hydrogens (tertiary/aromatic N) is 2. The van der Waals surface area contributed by atoms with Crippen molar-refractivity contribution >= 4 is 6.21 Å². The quantitative estimate of drug-likeness (QED) is 0.267. The lowest BCUT2D eigenvalue weighted by molar-refractivity contribution is 0.00425. The summed E-state index contributed by atoms with van der Waals surface area (Å²) in [5, 5.41) is 0. The Morgan fingerprint density at radius 1 is 1.71 bits per heavy atom. The summed E-state index contributed by atoms with van der Waals surface area (Å²) in [6.07, 6.45) is 3.25. The molecule has 0 aliphatic carbocycles. The second-order valence-electron chi connectivity index (χ2n) is 1.28. The van der Waals surface area contributed by atoms with E-state index in [1.165, 1.54) is 6.21 Å². The van der Waals surface area contributed by atoms with Gasteiger partial charge in [-0.05, 0) is 13.8 Å². The van der Waals surface area contributed by atoms with Crippen molar-refractivity contribution in [3.63, 3.8) is 0 Å². The minimum atomic E-state index is 0.961. The molecule has 0 aromatic heterocycles. The molecule has 0 aliphatic heterocycles. The Balaban J connectivity index is 3.82. The van der Waals surface area contributed by atoms with Crippen LogP contribution in [0.1, 0.15) is 13.8 Å². The van der Waals surface area contributed by atoms with E-state index < -0.39 is 0 Å². The van der Waals surface area contributed by atoms with Gasteiger partial charge >= 0.3 is 0 Å². The SMILES string of the molecule is CC=C(C)C=[N+]=[N-]. The zero-order valence-corrected chi connectivity index (χ0v) is 4.55. The van der Waals surface area contributed by atoms with Gasteiger partial charge in [0.1, 0.15) is 0 Å². The van der Waals surface area contributed by atoms with Crippen LogP contribution in [-0.2, 0) is 0 Å². The molecule has 0 spiro atoms. The molecule has 0 N–H and O–H groups in total. The molecule has 38 valence electrons. The average molecular weight is 96.1 g/mol. The van der Waals surface area contributed by atoms with E-state index in [4.69, 9.17) is 5.53 Å². The highest BCUT2D eigenvalue weighted by Crippen LogP contribution is 1.80. The van der Waals surface area contributed by atoms with E-state index in [0.29, 0.717) is 0 Å². The van der Waals surface area contributed by atoms with Gasteiger partial charge in [0.15, 0.2) is 0 Å². The smallest absolute Gasteiger partial charge is 0.283 e. The van der Waals surface area contributed by atoms with Crippen molar-refractivity contribution in [1.82, 2.24) is 0 Å². The summed E-state index contributed by atoms with van der Waals surface area (Å²) in [6, 6.07) is 0. The Kier molecular flexibility index (Phi) is 2.90. The zero-order valence-electron chi connectivity index (χ0n) is 4.55. The van der Waals surface area contributed by atoms with Gasteiger partial charge in [-0.3, -0.25) is 0 Å². The minimum absolute atomic E-state index is 0.961. The predicted molar refractivity (Wildman–Crippen MR) is 29.1 cm³/mol. The van der Waals surface area contributed by atoms with Crippen molar-refractivity contribution in [2.75, 3.05) is 0 Å². The molecular weight excluding hydrogens is 88.1 g/mol. The molecule has 0 atom stereocenters. The molecule has 0 radical (unpaired) electrons. The van der Waals surface area contributed by atoms with Crippen LogP contribution in [0.15, 0.2) is 11.6 Å². The second kappa shape index (κ2) is 3.32. The van der Waals surface area contributed by atoms with Gasteiger partial charge in [0.2, 0.25) is 0 Å². The fraction of sp³-hybridized carbons (Fsp3) is 0.400. The van der Waals surface area contributed by atoms with Crippen LogP contribution in [0.3, 0.4) is 0 Å². The highest BCUT2D eigenvalue weighted by Gasteiger charge is 1.79. The molecule has 0 aromatic rings. The van der Waals surface area contributed by atoms with Crippen LogP contribution < -0.4 is 0 Å². The van der Waals surface area contributed by atoms with Crippen LogP contribution in [0.25, 0.3) is 5.53 Å². The van der Waals surface area contributed by atoms with E-state index >= 15 is 0 Å². The van der Waals surface area contributed by atoms with Crippen LogP contribution in [0.4, 0.5) is 0 Å². The number of allylic oxidation sites excluding steroid dienone is 2. The van der Waals surface area contributed by atoms with Gasteiger partial charge in [0.05, 0.1) is 0 Å². The van der Waals surface area contributed by atoms with Gasteiger partial charge in [-0.1, -0.05) is 6.08 Å². The van der Waals surface area contributed by atoms with E-state index in [1.54, 1.807) is 0 Å². The van der Waals surface area contributed by atoms with Gasteiger partial charge in [-0.2, -0.15) is 4.79 Å². The van der Waals surface area contributed by atoms with Crippen molar-refractivity contribution in [3.8, 4) is 0 Å². The standard InChI is InChI=1S/C5H8N2/c1-3-5(2)4-7-6/h3-4H,1-2H3. The molecule has 0 heterocycles. The summed E-state index contributed by atoms with van der Waals surface area (Å²) in [5.41, 5.74) is 8.86. The maximum atomic E-state index is 7.90. The number of hydrogen-bond acceptors (Lipinski definition) is 0. The third-order valence-electron chi connectivity index (χ3n) is 0.717. The first-order valence-corrected chi connectivity index (χ1v) is 2.11. The highest BCUT2D eigenvalue weighted by molar-refractivity contribution is 5.72. The topological polar surface area (TPSA) is 36.4 Å². The molecule has 0 saturated carbocycles. The number of hydrogen-bond donors (Lipinski definition) is 0. The monoisotopic (exact) mass is 96.1 g/mol. The van der Waals surface area contributed by atoms with E-state index in [-0.39, 0.29) is 0 Å². The van der Waals surface area contributed by atoms with Gasteiger partial charge in [-0.15, -0.1) is 0 Å². The maximum Gasteiger partial charge on any atom is 0.283 e. The Hall–Kier alpha value is -0.880. The average Bonchev–Trinajstić information content (AvgIpc) is 1.68. The Morgan fingerprint density at radius 2 is 2.29 bits per heavy atom. The molecule has 7 heavy (non-hydrogen) atoms. The zero-order chi connectivity index (χ0) is 5.70. The van der Waals surface area contributed by atoms with Crippen LogP contribution >= 0.6 is 0 Å². The van der Waals surface area contributed by atoms with Crippen molar-refractivity contribution in [2.45, 2.75) is 13.8 Å². The molecule has 0 rings (SSSR count). The van der Waals surface area contributed by atoms with E-state index in [1.807, 2.05) is 19.9 Å². The summed E-state index contributed by atoms with van der Waals surface area (Å²) in [7, 11) is 0. The first-order chi connectivity index (χ1) is 3.31. The van der Waals surface area contributed by atoms with Crippen molar-refractivity contribution in [1.29, 1.82) is 0 Å². The molecule has 0 aliphatic rings. The molecule has 0 amide bonds. The Labute approximate surface area is 43.1 Å². The van der Waals surface area contributed by atoms with Gasteiger partial charge in [0.25, 0.3) is 6.21 Å². The maximum absolute atomic E-state index is 7.90. The van der Waals surface area contributed by atoms with Gasteiger partial charge in [-0.25, -0.2) is 0 Å². The summed E-state index contributed by atoms with van der Waals surface area (Å²) < 4.78 is 0. The van der Waals surface area contributed by atoms with Crippen molar-refractivity contribution in [2.24, 2.45) is 0 Å². The minimum Gasteiger partial charge on any atom is -0.362 e. The molecule has 0 bridgehead atoms. The van der Waals surface area contributed by atoms with Crippen LogP contribution in [-0.4, -0.2) is 11.0 Å². The number of rotatable bonds is 1. The third-order valence-corrected chi connectivity index (χ3v) is 0.717. The van der Waals surface area contributed by atoms with Crippen molar-refractivity contribution in [3.05, 3.63) is 17.2 Å². The summed E-state index contributed by atoms with van der Waals surface area (Å²) >= 11 is 0. The summed E-state index contributed by atoms with van der Waals surface area (Å²) in [6.45, 7) is 3.75. The van der Waals surface area contributed by atoms with Gasteiger partial charge in [0, 0.05) is 5.57 Å². The second-order valence-corrected chi connectivity index (χ2v) is 1.28. The lowest BCUT2D eigenvalue weighted by Gasteiger charge is -1.70. The highest BCUT2D eigenvalue weighted by atomic mass is 14.8. The molecular formula is C5H8N2. The third kappa shape index (κ3) is 2.94. The lowest BCUT2D eigenvalue weighted by Crippen LogP contribution is -1.73. The molecule has 0 fully saturated rings. The molecule has 2 heteroatoms. The Bertz CT molecular complexity index is 118. The first kappa shape index (κ1) is 6.12. The summed E-state index contributed by atoms with van der Waals surface area (Å²) in [5.74, 6) is 0. The van der Waals surface area contributed by atoms with E-state index in [0.717, 1.165) is 5.57 Å². The normalized spacial score (nSPS) is 10.3. The molecule has 0 unspecified atom stereocenters. The van der Waals surface area contributed by atoms with Gasteiger partial charge < -0.3 is 5.53 Å². The predicted octanol–water partition coefficient (Wildman–Crippen LogP) is 1.25. The largest absolute Gasteiger partial charge is 0.362 e. The molecule has 0 aromatic carbocycles. The van der Waals surface area contributed by atoms with E-state index in [9.17, 15) is 0 Å². The molecule has 0 saturated heterocycles. The lowest BCUT2D eigenvalue weighted by atomic mass is 10.3. The Morgan fingerprint density at radius 3 is 2.43 bits per heavy atom. The van der Waals surface area contributed by atoms with Crippen LogP contribution in [0.5, 0.6) is 0 Å². The first-order valence-electron chi connectivity index (χ1n) is 2.11. The van der Waals surface area contributed by atoms with Crippen LogP contribution in [0.2, 0.25) is 0 Å². The fourth-order valence-electron chi connectivity index (χ4n) is 0.166.